The van der Waals surface area contributed by atoms with Gasteiger partial charge in [0.2, 0.25) is 5.91 Å². The number of nitrogens with zero attached hydrogens (tertiary/aromatic N) is 3. The van der Waals surface area contributed by atoms with Gasteiger partial charge in [-0.15, -0.1) is 0 Å². The third-order valence-corrected chi connectivity index (χ3v) is 4.69. The highest BCUT2D eigenvalue weighted by Gasteiger charge is 2.23. The largest absolute Gasteiger partial charge is 0.369 e. The number of hydrogen-bond acceptors (Lipinski definition) is 3. The van der Waals surface area contributed by atoms with Crippen LogP contribution in [0.4, 0.5) is 5.69 Å². The Kier molecular flexibility index (Phi) is 7.55. The topological polar surface area (TPSA) is 60.0 Å². The molecular formula is C18H28BrN5O. The molecule has 138 valence electrons. The van der Waals surface area contributed by atoms with Crippen LogP contribution < -0.4 is 15.5 Å². The van der Waals surface area contributed by atoms with E-state index in [9.17, 15) is 4.79 Å². The van der Waals surface area contributed by atoms with Crippen molar-refractivity contribution in [1.29, 1.82) is 0 Å². The Morgan fingerprint density at radius 2 is 2.08 bits per heavy atom. The Hall–Kier alpha value is -1.76. The van der Waals surface area contributed by atoms with E-state index in [1.807, 2.05) is 6.92 Å². The summed E-state index contributed by atoms with van der Waals surface area (Å²) in [6.45, 7) is 5.32. The van der Waals surface area contributed by atoms with Crippen molar-refractivity contribution < 1.29 is 4.79 Å². The average Bonchev–Trinajstić information content (AvgIpc) is 3.04. The number of guanidine groups is 1. The van der Waals surface area contributed by atoms with E-state index in [0.717, 1.165) is 36.5 Å². The van der Waals surface area contributed by atoms with E-state index in [1.165, 1.54) is 5.69 Å². The van der Waals surface area contributed by atoms with E-state index in [-0.39, 0.29) is 5.91 Å². The molecule has 1 aliphatic heterocycles. The third kappa shape index (κ3) is 6.23. The Labute approximate surface area is 158 Å². The molecule has 1 atom stereocenters. The molecule has 2 N–H and O–H groups in total. The van der Waals surface area contributed by atoms with Crippen LogP contribution in [-0.2, 0) is 4.79 Å². The molecule has 1 aromatic carbocycles. The summed E-state index contributed by atoms with van der Waals surface area (Å²) < 4.78 is 1.10. The molecule has 1 unspecified atom stereocenters. The number of carbonyl (C=O) groups excluding carboxylic acids is 1. The minimum absolute atomic E-state index is 0.0990. The van der Waals surface area contributed by atoms with E-state index in [4.69, 9.17) is 0 Å². The molecule has 1 fully saturated rings. The van der Waals surface area contributed by atoms with Gasteiger partial charge >= 0.3 is 0 Å². The number of rotatable bonds is 6. The second kappa shape index (κ2) is 9.65. The monoisotopic (exact) mass is 409 g/mol. The summed E-state index contributed by atoms with van der Waals surface area (Å²) in [4.78, 5) is 20.2. The predicted octanol–water partition coefficient (Wildman–Crippen LogP) is 2.06. The van der Waals surface area contributed by atoms with Crippen molar-refractivity contribution in [2.24, 2.45) is 4.99 Å². The van der Waals surface area contributed by atoms with Crippen LogP contribution >= 0.6 is 15.9 Å². The van der Waals surface area contributed by atoms with E-state index in [1.54, 1.807) is 19.0 Å². The maximum atomic E-state index is 11.7. The fourth-order valence-electron chi connectivity index (χ4n) is 2.76. The summed E-state index contributed by atoms with van der Waals surface area (Å²) in [6.07, 6.45) is 1.50. The molecule has 1 amide bonds. The van der Waals surface area contributed by atoms with Crippen molar-refractivity contribution in [3.63, 3.8) is 0 Å². The second-order valence-corrected chi connectivity index (χ2v) is 7.27. The van der Waals surface area contributed by atoms with Crippen LogP contribution in [0.5, 0.6) is 0 Å². The molecule has 0 spiro atoms. The lowest BCUT2D eigenvalue weighted by atomic mass is 10.2. The molecular weight excluding hydrogens is 382 g/mol. The van der Waals surface area contributed by atoms with Crippen molar-refractivity contribution in [1.82, 2.24) is 15.5 Å². The van der Waals surface area contributed by atoms with Gasteiger partial charge < -0.3 is 20.4 Å². The highest BCUT2D eigenvalue weighted by Crippen LogP contribution is 2.22. The van der Waals surface area contributed by atoms with Crippen molar-refractivity contribution in [3.8, 4) is 0 Å². The van der Waals surface area contributed by atoms with Gasteiger partial charge in [-0.1, -0.05) is 15.9 Å². The van der Waals surface area contributed by atoms with E-state index in [2.05, 4.69) is 60.7 Å². The minimum Gasteiger partial charge on any atom is -0.369 e. The van der Waals surface area contributed by atoms with Crippen LogP contribution in [0.25, 0.3) is 0 Å². The number of halogens is 1. The summed E-state index contributed by atoms with van der Waals surface area (Å²) in [5, 5.41) is 6.76. The van der Waals surface area contributed by atoms with Gasteiger partial charge in [0.15, 0.2) is 5.96 Å². The van der Waals surface area contributed by atoms with Crippen molar-refractivity contribution >= 4 is 33.5 Å². The molecule has 0 aliphatic carbocycles. The lowest BCUT2D eigenvalue weighted by molar-refractivity contribution is -0.128. The quantitative estimate of drug-likeness (QED) is 0.557. The molecule has 1 heterocycles. The van der Waals surface area contributed by atoms with Gasteiger partial charge in [0.1, 0.15) is 0 Å². The highest BCUT2D eigenvalue weighted by atomic mass is 79.9. The van der Waals surface area contributed by atoms with Gasteiger partial charge in [-0.05, 0) is 37.6 Å². The normalized spacial score (nSPS) is 17.5. The molecule has 0 saturated carbocycles. The first-order valence-electron chi connectivity index (χ1n) is 8.75. The van der Waals surface area contributed by atoms with Crippen LogP contribution in [-0.4, -0.2) is 63.1 Å². The van der Waals surface area contributed by atoms with E-state index >= 15 is 0 Å². The van der Waals surface area contributed by atoms with Crippen LogP contribution in [0.2, 0.25) is 0 Å². The first-order chi connectivity index (χ1) is 12.0. The lowest BCUT2D eigenvalue weighted by Gasteiger charge is -2.20. The first kappa shape index (κ1) is 19.6. The maximum Gasteiger partial charge on any atom is 0.223 e. The molecule has 0 aromatic heterocycles. The number of benzene rings is 1. The molecule has 2 rings (SSSR count). The highest BCUT2D eigenvalue weighted by molar-refractivity contribution is 9.10. The number of anilines is 1. The second-order valence-electron chi connectivity index (χ2n) is 6.35. The molecule has 1 saturated heterocycles. The van der Waals surface area contributed by atoms with Crippen LogP contribution in [0.3, 0.4) is 0 Å². The first-order valence-corrected chi connectivity index (χ1v) is 9.54. The lowest BCUT2D eigenvalue weighted by Crippen LogP contribution is -2.44. The van der Waals surface area contributed by atoms with Crippen LogP contribution in [0, 0.1) is 0 Å². The zero-order chi connectivity index (χ0) is 18.2. The maximum absolute atomic E-state index is 11.7. The van der Waals surface area contributed by atoms with Gasteiger partial charge in [-0.3, -0.25) is 9.79 Å². The molecule has 25 heavy (non-hydrogen) atoms. The number of amides is 1. The molecule has 7 heteroatoms. The number of nitrogens with one attached hydrogen (secondary N) is 2. The SMILES string of the molecule is CCNC(=NCCC(=O)N(C)C)NC1CCN(c2ccc(Br)cc2)C1. The zero-order valence-corrected chi connectivity index (χ0v) is 16.8. The van der Waals surface area contributed by atoms with Gasteiger partial charge in [0, 0.05) is 56.4 Å². The molecule has 0 radical (unpaired) electrons. The number of carbonyl (C=O) groups is 1. The molecule has 1 aromatic rings. The smallest absolute Gasteiger partial charge is 0.223 e. The average molecular weight is 410 g/mol. The fourth-order valence-corrected chi connectivity index (χ4v) is 3.03. The van der Waals surface area contributed by atoms with E-state index in [0.29, 0.717) is 19.0 Å². The number of aliphatic imine (C=N–C) groups is 1. The van der Waals surface area contributed by atoms with Gasteiger partial charge in [-0.2, -0.15) is 0 Å². The standard InChI is InChI=1S/C18H28BrN5O/c1-4-20-18(21-11-9-17(25)23(2)3)22-15-10-12-24(13-15)16-7-5-14(19)6-8-16/h5-8,15H,4,9-13H2,1-3H3,(H2,20,21,22). The summed E-state index contributed by atoms with van der Waals surface area (Å²) in [5.41, 5.74) is 1.24. The van der Waals surface area contributed by atoms with Crippen LogP contribution in [0.15, 0.2) is 33.7 Å². The van der Waals surface area contributed by atoms with Gasteiger partial charge in [0.25, 0.3) is 0 Å². The third-order valence-electron chi connectivity index (χ3n) is 4.16. The Morgan fingerprint density at radius 3 is 2.72 bits per heavy atom. The zero-order valence-electron chi connectivity index (χ0n) is 15.3. The Morgan fingerprint density at radius 1 is 1.36 bits per heavy atom. The molecule has 6 nitrogen and oxygen atoms in total. The summed E-state index contributed by atoms with van der Waals surface area (Å²) >= 11 is 3.48. The van der Waals surface area contributed by atoms with Gasteiger partial charge in [0.05, 0.1) is 6.54 Å². The predicted molar refractivity (Wildman–Crippen MR) is 107 cm³/mol. The Balaban J connectivity index is 1.87. The van der Waals surface area contributed by atoms with Gasteiger partial charge in [-0.25, -0.2) is 0 Å². The van der Waals surface area contributed by atoms with Crippen LogP contribution in [0.1, 0.15) is 19.8 Å². The molecule has 0 bridgehead atoms. The summed E-state index contributed by atoms with van der Waals surface area (Å²) in [7, 11) is 3.54. The fraction of sp³-hybridized carbons (Fsp3) is 0.556. The van der Waals surface area contributed by atoms with Crippen molar-refractivity contribution in [2.75, 3.05) is 45.2 Å². The van der Waals surface area contributed by atoms with Crippen molar-refractivity contribution in [3.05, 3.63) is 28.7 Å². The molecule has 1 aliphatic rings. The minimum atomic E-state index is 0.0990. The summed E-state index contributed by atoms with van der Waals surface area (Å²) in [6, 6.07) is 8.77. The Bertz CT molecular complexity index is 588. The van der Waals surface area contributed by atoms with E-state index < -0.39 is 0 Å². The van der Waals surface area contributed by atoms with Crippen molar-refractivity contribution in [2.45, 2.75) is 25.8 Å². The number of hydrogen-bond donors (Lipinski definition) is 2. The summed E-state index contributed by atoms with van der Waals surface area (Å²) in [5.74, 6) is 0.888.